The summed E-state index contributed by atoms with van der Waals surface area (Å²) in [5.74, 6) is 0. The molecule has 3 aromatic rings. The summed E-state index contributed by atoms with van der Waals surface area (Å²) < 4.78 is 1.65. The van der Waals surface area contributed by atoms with Crippen molar-refractivity contribution in [2.75, 3.05) is 5.73 Å². The van der Waals surface area contributed by atoms with Gasteiger partial charge in [-0.05, 0) is 6.07 Å². The molecule has 6 heteroatoms. The van der Waals surface area contributed by atoms with Crippen LogP contribution in [0.4, 0.5) is 5.13 Å². The lowest BCUT2D eigenvalue weighted by Crippen LogP contribution is -1.94. The fourth-order valence-corrected chi connectivity index (χ4v) is 2.07. The average molecular weight is 242 g/mol. The fourth-order valence-electron chi connectivity index (χ4n) is 1.50. The van der Waals surface area contributed by atoms with Crippen molar-refractivity contribution < 1.29 is 0 Å². The standard InChI is InChI=1S/C11H8N5S/c12-11-15-10(5-17-11)8-2-1-3-9(4-8)16-7-13-6-14-16/h1-2,4-7H,(H2,12,15). The van der Waals surface area contributed by atoms with Gasteiger partial charge >= 0.3 is 0 Å². The third-order valence-corrected chi connectivity index (χ3v) is 2.94. The van der Waals surface area contributed by atoms with Gasteiger partial charge in [0.2, 0.25) is 0 Å². The van der Waals surface area contributed by atoms with Crippen LogP contribution in [-0.2, 0) is 0 Å². The lowest BCUT2D eigenvalue weighted by atomic mass is 10.1. The van der Waals surface area contributed by atoms with E-state index in [1.165, 1.54) is 17.7 Å². The maximum absolute atomic E-state index is 5.62. The highest BCUT2D eigenvalue weighted by atomic mass is 32.1. The number of aromatic nitrogens is 4. The van der Waals surface area contributed by atoms with E-state index in [2.05, 4.69) is 21.1 Å². The second kappa shape index (κ2) is 3.99. The SMILES string of the molecule is Nc1nc(-c2cc[c]c(-n3cncn3)c2)cs1. The Morgan fingerprint density at radius 2 is 2.35 bits per heavy atom. The first-order chi connectivity index (χ1) is 8.33. The molecule has 0 amide bonds. The summed E-state index contributed by atoms with van der Waals surface area (Å²) in [4.78, 5) is 8.14. The van der Waals surface area contributed by atoms with Crippen LogP contribution in [0.1, 0.15) is 0 Å². The zero-order valence-corrected chi connectivity index (χ0v) is 9.56. The molecule has 1 radical (unpaired) electrons. The van der Waals surface area contributed by atoms with Crippen LogP contribution in [0.25, 0.3) is 16.9 Å². The van der Waals surface area contributed by atoms with Gasteiger partial charge in [-0.25, -0.2) is 14.6 Å². The van der Waals surface area contributed by atoms with Crippen LogP contribution in [0.2, 0.25) is 0 Å². The Balaban J connectivity index is 2.05. The first kappa shape index (κ1) is 9.98. The van der Waals surface area contributed by atoms with Gasteiger partial charge < -0.3 is 5.73 Å². The van der Waals surface area contributed by atoms with Gasteiger partial charge in [0.15, 0.2) is 5.13 Å². The van der Waals surface area contributed by atoms with E-state index in [4.69, 9.17) is 5.73 Å². The number of anilines is 1. The summed E-state index contributed by atoms with van der Waals surface area (Å²) in [6.07, 6.45) is 3.12. The van der Waals surface area contributed by atoms with E-state index in [1.807, 2.05) is 23.6 Å². The number of nitrogens with two attached hydrogens (primary N) is 1. The summed E-state index contributed by atoms with van der Waals surface area (Å²) in [5, 5.41) is 6.55. The molecule has 83 valence electrons. The smallest absolute Gasteiger partial charge is 0.180 e. The molecule has 17 heavy (non-hydrogen) atoms. The number of benzene rings is 1. The molecule has 1 aromatic carbocycles. The minimum Gasteiger partial charge on any atom is -0.375 e. The highest BCUT2D eigenvalue weighted by Gasteiger charge is 2.04. The molecule has 2 N–H and O–H groups in total. The van der Waals surface area contributed by atoms with Gasteiger partial charge in [0.25, 0.3) is 0 Å². The maximum atomic E-state index is 5.62. The topological polar surface area (TPSA) is 69.6 Å². The third kappa shape index (κ3) is 1.90. The van der Waals surface area contributed by atoms with Crippen molar-refractivity contribution in [1.29, 1.82) is 0 Å². The van der Waals surface area contributed by atoms with Gasteiger partial charge in [-0.2, -0.15) is 5.10 Å². The molecule has 0 aliphatic carbocycles. The van der Waals surface area contributed by atoms with Crippen LogP contribution in [0.15, 0.2) is 36.2 Å². The van der Waals surface area contributed by atoms with E-state index >= 15 is 0 Å². The van der Waals surface area contributed by atoms with E-state index in [9.17, 15) is 0 Å². The van der Waals surface area contributed by atoms with Crippen LogP contribution in [0, 0.1) is 6.07 Å². The van der Waals surface area contributed by atoms with Crippen molar-refractivity contribution in [2.45, 2.75) is 0 Å². The van der Waals surface area contributed by atoms with Crippen molar-refractivity contribution in [3.63, 3.8) is 0 Å². The summed E-state index contributed by atoms with van der Waals surface area (Å²) in [5.41, 5.74) is 8.30. The molecule has 0 saturated carbocycles. The summed E-state index contributed by atoms with van der Waals surface area (Å²) in [6, 6.07) is 8.81. The molecule has 0 atom stereocenters. The van der Waals surface area contributed by atoms with Gasteiger partial charge in [0.1, 0.15) is 12.7 Å². The monoisotopic (exact) mass is 242 g/mol. The van der Waals surface area contributed by atoms with Crippen molar-refractivity contribution in [2.24, 2.45) is 0 Å². The third-order valence-electron chi connectivity index (χ3n) is 2.27. The Kier molecular flexibility index (Phi) is 2.34. The molecule has 2 aromatic heterocycles. The van der Waals surface area contributed by atoms with E-state index in [0.29, 0.717) is 5.13 Å². The Morgan fingerprint density at radius 1 is 1.41 bits per heavy atom. The number of nitrogens with zero attached hydrogens (tertiary/aromatic N) is 4. The highest BCUT2D eigenvalue weighted by molar-refractivity contribution is 7.13. The van der Waals surface area contributed by atoms with Gasteiger partial charge in [0.05, 0.1) is 11.4 Å². The zero-order valence-electron chi connectivity index (χ0n) is 8.74. The Bertz CT molecular complexity index is 629. The van der Waals surface area contributed by atoms with E-state index in [-0.39, 0.29) is 0 Å². The van der Waals surface area contributed by atoms with Gasteiger partial charge in [-0.15, -0.1) is 11.3 Å². The average Bonchev–Trinajstić information content (AvgIpc) is 3.00. The second-order valence-corrected chi connectivity index (χ2v) is 4.26. The Labute approximate surface area is 102 Å². The van der Waals surface area contributed by atoms with Crippen LogP contribution in [-0.4, -0.2) is 19.7 Å². The van der Waals surface area contributed by atoms with Crippen molar-refractivity contribution >= 4 is 16.5 Å². The molecule has 0 fully saturated rings. The molecule has 0 bridgehead atoms. The maximum Gasteiger partial charge on any atom is 0.180 e. The number of hydrogen-bond donors (Lipinski definition) is 1. The molecule has 0 saturated heterocycles. The normalized spacial score (nSPS) is 10.6. The molecule has 0 aliphatic rings. The zero-order chi connectivity index (χ0) is 11.7. The van der Waals surface area contributed by atoms with Gasteiger partial charge in [0, 0.05) is 17.0 Å². The fraction of sp³-hybridized carbons (Fsp3) is 0. The highest BCUT2D eigenvalue weighted by Crippen LogP contribution is 2.24. The molecule has 2 heterocycles. The van der Waals surface area contributed by atoms with Crippen molar-refractivity contribution in [1.82, 2.24) is 19.7 Å². The van der Waals surface area contributed by atoms with E-state index in [0.717, 1.165) is 16.9 Å². The number of hydrogen-bond acceptors (Lipinski definition) is 5. The number of rotatable bonds is 2. The quantitative estimate of drug-likeness (QED) is 0.743. The molecule has 0 unspecified atom stereocenters. The van der Waals surface area contributed by atoms with Crippen LogP contribution in [0.3, 0.4) is 0 Å². The number of thiazole rings is 1. The number of nitrogen functional groups attached to an aromatic ring is 1. The molecule has 0 spiro atoms. The lowest BCUT2D eigenvalue weighted by molar-refractivity contribution is 0.878. The first-order valence-electron chi connectivity index (χ1n) is 4.91. The van der Waals surface area contributed by atoms with Crippen molar-refractivity contribution in [3.05, 3.63) is 42.3 Å². The minimum absolute atomic E-state index is 0.565. The summed E-state index contributed by atoms with van der Waals surface area (Å²) in [7, 11) is 0. The van der Waals surface area contributed by atoms with E-state index < -0.39 is 0 Å². The molecular weight excluding hydrogens is 234 g/mol. The Morgan fingerprint density at radius 3 is 3.06 bits per heavy atom. The minimum atomic E-state index is 0.565. The predicted molar refractivity (Wildman–Crippen MR) is 65.7 cm³/mol. The molecule has 3 rings (SSSR count). The van der Waals surface area contributed by atoms with Gasteiger partial charge in [-0.3, -0.25) is 0 Å². The van der Waals surface area contributed by atoms with Crippen molar-refractivity contribution in [3.8, 4) is 16.9 Å². The first-order valence-corrected chi connectivity index (χ1v) is 5.79. The Hall–Kier alpha value is -2.21. The van der Waals surface area contributed by atoms with E-state index in [1.54, 1.807) is 11.0 Å². The lowest BCUT2D eigenvalue weighted by Gasteiger charge is -2.01. The van der Waals surface area contributed by atoms with Crippen LogP contribution in [0.5, 0.6) is 0 Å². The summed E-state index contributed by atoms with van der Waals surface area (Å²) in [6.45, 7) is 0. The van der Waals surface area contributed by atoms with Crippen LogP contribution < -0.4 is 5.73 Å². The molecular formula is C11H8N5S. The molecule has 5 nitrogen and oxygen atoms in total. The summed E-state index contributed by atoms with van der Waals surface area (Å²) >= 11 is 1.42. The van der Waals surface area contributed by atoms with Crippen LogP contribution >= 0.6 is 11.3 Å². The largest absolute Gasteiger partial charge is 0.375 e. The molecule has 0 aliphatic heterocycles. The van der Waals surface area contributed by atoms with Gasteiger partial charge in [-0.1, -0.05) is 12.1 Å². The second-order valence-electron chi connectivity index (χ2n) is 3.37. The predicted octanol–water partition coefficient (Wildman–Crippen LogP) is 1.77.